The summed E-state index contributed by atoms with van der Waals surface area (Å²) in [5.41, 5.74) is 1.26. The Bertz CT molecular complexity index is 540. The smallest absolute Gasteiger partial charge is 0.326 e. The van der Waals surface area contributed by atoms with Gasteiger partial charge in [0.25, 0.3) is 5.91 Å². The summed E-state index contributed by atoms with van der Waals surface area (Å²) in [7, 11) is 0. The molecule has 1 aliphatic heterocycles. The lowest BCUT2D eigenvalue weighted by Crippen LogP contribution is -2.41. The van der Waals surface area contributed by atoms with E-state index < -0.39 is 18.0 Å². The van der Waals surface area contributed by atoms with Gasteiger partial charge in [0.05, 0.1) is 0 Å². The van der Waals surface area contributed by atoms with E-state index in [0.29, 0.717) is 5.56 Å². The summed E-state index contributed by atoms with van der Waals surface area (Å²) < 4.78 is 0. The maximum atomic E-state index is 12.1. The molecule has 0 saturated carbocycles. The lowest BCUT2D eigenvalue weighted by atomic mass is 10.1. The number of carbonyl (C=O) groups excluding carboxylic acids is 1. The van der Waals surface area contributed by atoms with Crippen LogP contribution in [0.15, 0.2) is 24.3 Å². The first-order chi connectivity index (χ1) is 9.00. The van der Waals surface area contributed by atoms with Crippen LogP contribution >= 0.6 is 0 Å². The van der Waals surface area contributed by atoms with E-state index in [1.54, 1.807) is 24.3 Å². The summed E-state index contributed by atoms with van der Waals surface area (Å²) >= 11 is 0. The number of fused-ring (bicyclic) bond motifs is 1. The van der Waals surface area contributed by atoms with Crippen molar-refractivity contribution in [3.8, 4) is 0 Å². The monoisotopic (exact) mass is 263 g/mol. The molecular formula is C13H13NO5. The Labute approximate surface area is 109 Å². The highest BCUT2D eigenvalue weighted by molar-refractivity contribution is 6.00. The second kappa shape index (κ2) is 5.09. The zero-order valence-electron chi connectivity index (χ0n) is 10.1. The molecule has 0 radical (unpaired) electrons. The van der Waals surface area contributed by atoms with Crippen molar-refractivity contribution in [2.45, 2.75) is 25.4 Å². The van der Waals surface area contributed by atoms with Crippen molar-refractivity contribution in [2.75, 3.05) is 0 Å². The number of hydrogen-bond acceptors (Lipinski definition) is 3. The predicted molar refractivity (Wildman–Crippen MR) is 64.6 cm³/mol. The number of nitrogens with zero attached hydrogens (tertiary/aromatic N) is 1. The fourth-order valence-electron chi connectivity index (χ4n) is 2.20. The molecule has 6 nitrogen and oxygen atoms in total. The third-order valence-electron chi connectivity index (χ3n) is 3.14. The average molecular weight is 263 g/mol. The number of benzene rings is 1. The molecule has 1 aromatic carbocycles. The molecule has 1 aromatic rings. The van der Waals surface area contributed by atoms with E-state index in [4.69, 9.17) is 10.2 Å². The molecule has 0 fully saturated rings. The van der Waals surface area contributed by atoms with Crippen LogP contribution in [-0.4, -0.2) is 39.0 Å². The topological polar surface area (TPSA) is 94.9 Å². The van der Waals surface area contributed by atoms with Gasteiger partial charge in [0.15, 0.2) is 0 Å². The second-order valence-electron chi connectivity index (χ2n) is 4.38. The fourth-order valence-corrected chi connectivity index (χ4v) is 2.20. The van der Waals surface area contributed by atoms with Gasteiger partial charge in [-0.05, 0) is 18.1 Å². The minimum absolute atomic E-state index is 0.0929. The Balaban J connectivity index is 2.19. The zero-order valence-corrected chi connectivity index (χ0v) is 10.1. The summed E-state index contributed by atoms with van der Waals surface area (Å²) in [5, 5.41) is 17.8. The average Bonchev–Trinajstić information content (AvgIpc) is 2.67. The van der Waals surface area contributed by atoms with Gasteiger partial charge in [-0.25, -0.2) is 4.79 Å². The molecule has 6 heteroatoms. The van der Waals surface area contributed by atoms with Gasteiger partial charge < -0.3 is 15.1 Å². The highest BCUT2D eigenvalue weighted by Gasteiger charge is 2.36. The first-order valence-corrected chi connectivity index (χ1v) is 5.84. The van der Waals surface area contributed by atoms with Gasteiger partial charge in [-0.1, -0.05) is 18.2 Å². The zero-order chi connectivity index (χ0) is 14.0. The van der Waals surface area contributed by atoms with Gasteiger partial charge in [-0.2, -0.15) is 0 Å². The summed E-state index contributed by atoms with van der Waals surface area (Å²) in [6.07, 6.45) is -0.374. The molecule has 0 unspecified atom stereocenters. The van der Waals surface area contributed by atoms with Crippen LogP contribution in [-0.2, 0) is 16.1 Å². The molecule has 0 spiro atoms. The Hall–Kier alpha value is -2.37. The molecule has 19 heavy (non-hydrogen) atoms. The van der Waals surface area contributed by atoms with Crippen molar-refractivity contribution in [3.05, 3.63) is 35.4 Å². The highest BCUT2D eigenvalue weighted by Crippen LogP contribution is 2.25. The van der Waals surface area contributed by atoms with Crippen molar-refractivity contribution < 1.29 is 24.6 Å². The van der Waals surface area contributed by atoms with E-state index in [1.807, 2.05) is 0 Å². The van der Waals surface area contributed by atoms with Crippen LogP contribution in [0.25, 0.3) is 0 Å². The van der Waals surface area contributed by atoms with Gasteiger partial charge in [0, 0.05) is 18.5 Å². The van der Waals surface area contributed by atoms with Crippen molar-refractivity contribution >= 4 is 17.8 Å². The van der Waals surface area contributed by atoms with Gasteiger partial charge >= 0.3 is 11.9 Å². The van der Waals surface area contributed by atoms with Crippen LogP contribution in [0, 0.1) is 0 Å². The van der Waals surface area contributed by atoms with Gasteiger partial charge in [0.1, 0.15) is 6.04 Å². The van der Waals surface area contributed by atoms with Crippen LogP contribution in [0.3, 0.4) is 0 Å². The maximum Gasteiger partial charge on any atom is 0.326 e. The Morgan fingerprint density at radius 3 is 2.53 bits per heavy atom. The number of carbonyl (C=O) groups is 3. The molecule has 0 bridgehead atoms. The molecule has 1 amide bonds. The molecule has 1 heterocycles. The quantitative estimate of drug-likeness (QED) is 0.825. The van der Waals surface area contributed by atoms with Gasteiger partial charge in [0.2, 0.25) is 0 Å². The largest absolute Gasteiger partial charge is 0.481 e. The molecule has 100 valence electrons. The lowest BCUT2D eigenvalue weighted by molar-refractivity contribution is -0.143. The van der Waals surface area contributed by atoms with Crippen LogP contribution < -0.4 is 0 Å². The molecule has 0 aromatic heterocycles. The summed E-state index contributed by atoms with van der Waals surface area (Å²) in [4.78, 5) is 35.1. The van der Waals surface area contributed by atoms with Crippen LogP contribution in [0.2, 0.25) is 0 Å². The number of carboxylic acid groups (broad SMARTS) is 2. The van der Waals surface area contributed by atoms with Crippen LogP contribution in [0.1, 0.15) is 28.8 Å². The van der Waals surface area contributed by atoms with Crippen molar-refractivity contribution in [1.82, 2.24) is 4.90 Å². The van der Waals surface area contributed by atoms with E-state index in [9.17, 15) is 14.4 Å². The molecule has 0 saturated heterocycles. The maximum absolute atomic E-state index is 12.1. The van der Waals surface area contributed by atoms with Crippen molar-refractivity contribution in [2.24, 2.45) is 0 Å². The van der Waals surface area contributed by atoms with Crippen LogP contribution in [0.4, 0.5) is 0 Å². The molecule has 1 atom stereocenters. The van der Waals surface area contributed by atoms with Gasteiger partial charge in [-0.15, -0.1) is 0 Å². The number of rotatable bonds is 5. The Morgan fingerprint density at radius 1 is 1.26 bits per heavy atom. The Kier molecular flexibility index (Phi) is 3.50. The van der Waals surface area contributed by atoms with E-state index >= 15 is 0 Å². The SMILES string of the molecule is O=C(O)CC[C@H](C(=O)O)N1Cc2ccccc2C1=O. The molecule has 1 aliphatic rings. The molecule has 0 aliphatic carbocycles. The molecule has 2 N–H and O–H groups in total. The van der Waals surface area contributed by atoms with Crippen molar-refractivity contribution in [1.29, 1.82) is 0 Å². The van der Waals surface area contributed by atoms with E-state index in [0.717, 1.165) is 5.56 Å². The number of carboxylic acids is 2. The fraction of sp³-hybridized carbons (Fsp3) is 0.308. The van der Waals surface area contributed by atoms with Crippen molar-refractivity contribution in [3.63, 3.8) is 0 Å². The normalized spacial score (nSPS) is 15.2. The summed E-state index contributed by atoms with van der Waals surface area (Å²) in [6.45, 7) is 0.214. The standard InChI is InChI=1S/C13H13NO5/c15-11(16)6-5-10(13(18)19)14-7-8-3-1-2-4-9(8)12(14)17/h1-4,10H,5-7H2,(H,15,16)(H,18,19)/t10-/m1/s1. The number of hydrogen-bond donors (Lipinski definition) is 2. The predicted octanol–water partition coefficient (Wildman–Crippen LogP) is 0.960. The number of amides is 1. The molecular weight excluding hydrogens is 250 g/mol. The number of aliphatic carboxylic acids is 2. The van der Waals surface area contributed by atoms with E-state index in [2.05, 4.69) is 0 Å². The third-order valence-corrected chi connectivity index (χ3v) is 3.14. The molecule has 2 rings (SSSR count). The van der Waals surface area contributed by atoms with E-state index in [-0.39, 0.29) is 25.3 Å². The first kappa shape index (κ1) is 13.1. The minimum atomic E-state index is -1.18. The first-order valence-electron chi connectivity index (χ1n) is 5.84. The Morgan fingerprint density at radius 2 is 1.95 bits per heavy atom. The third kappa shape index (κ3) is 2.57. The second-order valence-corrected chi connectivity index (χ2v) is 4.38. The highest BCUT2D eigenvalue weighted by atomic mass is 16.4. The minimum Gasteiger partial charge on any atom is -0.481 e. The summed E-state index contributed by atoms with van der Waals surface area (Å²) in [5.74, 6) is -2.61. The summed E-state index contributed by atoms with van der Waals surface area (Å²) in [6, 6.07) is 5.81. The van der Waals surface area contributed by atoms with E-state index in [1.165, 1.54) is 4.90 Å². The van der Waals surface area contributed by atoms with Crippen LogP contribution in [0.5, 0.6) is 0 Å². The lowest BCUT2D eigenvalue weighted by Gasteiger charge is -2.23. The van der Waals surface area contributed by atoms with Gasteiger partial charge in [-0.3, -0.25) is 9.59 Å².